The number of ether oxygens (including phenoxy) is 2. The minimum Gasteiger partial charge on any atom is -0.454 e. The molecule has 0 aliphatic carbocycles. The number of carbonyl (C=O) groups excluding carboxylic acids is 1. The van der Waals surface area contributed by atoms with E-state index in [4.69, 9.17) is 21.7 Å². The number of fused-ring (bicyclic) bond motifs is 1. The van der Waals surface area contributed by atoms with Crippen LogP contribution in [0.5, 0.6) is 11.5 Å². The van der Waals surface area contributed by atoms with Crippen LogP contribution in [-0.2, 0) is 17.8 Å². The molecular formula is C18H14FNO3S2. The Morgan fingerprint density at radius 1 is 1.12 bits per heavy atom. The minimum atomic E-state index is -0.297. The van der Waals surface area contributed by atoms with E-state index in [0.29, 0.717) is 23.0 Å². The van der Waals surface area contributed by atoms with E-state index in [1.165, 1.54) is 23.9 Å². The Morgan fingerprint density at radius 3 is 2.64 bits per heavy atom. The molecule has 2 aromatic rings. The summed E-state index contributed by atoms with van der Waals surface area (Å²) >= 11 is 6.76. The third kappa shape index (κ3) is 3.34. The lowest BCUT2D eigenvalue weighted by Gasteiger charge is -2.15. The van der Waals surface area contributed by atoms with E-state index >= 15 is 0 Å². The molecule has 2 aliphatic heterocycles. The highest BCUT2D eigenvalue weighted by atomic mass is 32.2. The Balaban J connectivity index is 1.46. The van der Waals surface area contributed by atoms with Gasteiger partial charge in [-0.15, -0.1) is 0 Å². The highest BCUT2D eigenvalue weighted by molar-refractivity contribution is 8.24. The van der Waals surface area contributed by atoms with E-state index in [1.54, 1.807) is 17.0 Å². The zero-order valence-electron chi connectivity index (χ0n) is 13.1. The number of nitrogens with zero attached hydrogens (tertiary/aromatic N) is 1. The minimum absolute atomic E-state index is 0.0167. The van der Waals surface area contributed by atoms with E-state index in [9.17, 15) is 9.18 Å². The molecule has 2 heterocycles. The summed E-state index contributed by atoms with van der Waals surface area (Å²) in [5.74, 6) is 1.12. The van der Waals surface area contributed by atoms with Crippen molar-refractivity contribution < 1.29 is 18.7 Å². The van der Waals surface area contributed by atoms with Gasteiger partial charge in [-0.1, -0.05) is 42.2 Å². The van der Waals surface area contributed by atoms with Crippen LogP contribution in [0, 0.1) is 5.82 Å². The summed E-state index contributed by atoms with van der Waals surface area (Å²) in [5, 5.41) is -0.256. The van der Waals surface area contributed by atoms with Crippen molar-refractivity contribution in [3.8, 4) is 11.5 Å². The monoisotopic (exact) mass is 375 g/mol. The first-order chi connectivity index (χ1) is 12.1. The van der Waals surface area contributed by atoms with Crippen molar-refractivity contribution in [2.75, 3.05) is 6.79 Å². The largest absolute Gasteiger partial charge is 0.454 e. The molecule has 2 aromatic carbocycles. The maximum atomic E-state index is 13.0. The lowest BCUT2D eigenvalue weighted by Crippen LogP contribution is -2.31. The molecule has 128 valence electrons. The van der Waals surface area contributed by atoms with Gasteiger partial charge in [-0.05, 0) is 41.8 Å². The first-order valence-electron chi connectivity index (χ1n) is 7.75. The number of amides is 1. The smallest absolute Gasteiger partial charge is 0.242 e. The zero-order valence-corrected chi connectivity index (χ0v) is 14.7. The molecule has 1 atom stereocenters. The second kappa shape index (κ2) is 6.65. The van der Waals surface area contributed by atoms with Crippen LogP contribution in [0.3, 0.4) is 0 Å². The van der Waals surface area contributed by atoms with Crippen LogP contribution in [-0.4, -0.2) is 27.2 Å². The molecule has 0 spiro atoms. The van der Waals surface area contributed by atoms with Gasteiger partial charge < -0.3 is 9.47 Å². The van der Waals surface area contributed by atoms with Crippen LogP contribution in [0.25, 0.3) is 0 Å². The van der Waals surface area contributed by atoms with Gasteiger partial charge in [0.1, 0.15) is 10.1 Å². The second-order valence-corrected chi connectivity index (χ2v) is 7.65. The second-order valence-electron chi connectivity index (χ2n) is 5.81. The van der Waals surface area contributed by atoms with Gasteiger partial charge in [0.2, 0.25) is 12.7 Å². The fraction of sp³-hybridized carbons (Fsp3) is 0.222. The quantitative estimate of drug-likeness (QED) is 0.765. The Bertz CT molecular complexity index is 841. The molecule has 1 amide bonds. The predicted molar refractivity (Wildman–Crippen MR) is 97.2 cm³/mol. The number of halogens is 1. The molecule has 4 nitrogen and oxygen atoms in total. The zero-order chi connectivity index (χ0) is 17.4. The Hall–Kier alpha value is -2.12. The van der Waals surface area contributed by atoms with Gasteiger partial charge >= 0.3 is 0 Å². The molecule has 0 unspecified atom stereocenters. The first kappa shape index (κ1) is 16.4. The molecule has 25 heavy (non-hydrogen) atoms. The molecule has 0 bridgehead atoms. The molecule has 1 saturated heterocycles. The molecule has 0 saturated carbocycles. The summed E-state index contributed by atoms with van der Waals surface area (Å²) in [6.45, 7) is 0.591. The lowest BCUT2D eigenvalue weighted by molar-refractivity contribution is -0.126. The normalized spacial score (nSPS) is 18.9. The number of benzene rings is 2. The summed E-state index contributed by atoms with van der Waals surface area (Å²) in [7, 11) is 0. The van der Waals surface area contributed by atoms with Crippen LogP contribution in [0.15, 0.2) is 42.5 Å². The summed E-state index contributed by atoms with van der Waals surface area (Å²) in [5.41, 5.74) is 1.85. The lowest BCUT2D eigenvalue weighted by atomic mass is 10.1. The number of hydrogen-bond acceptors (Lipinski definition) is 5. The molecule has 0 radical (unpaired) electrons. The fourth-order valence-electron chi connectivity index (χ4n) is 2.83. The fourth-order valence-corrected chi connectivity index (χ4v) is 4.36. The van der Waals surface area contributed by atoms with Crippen molar-refractivity contribution in [2.45, 2.75) is 18.2 Å². The molecular weight excluding hydrogens is 361 g/mol. The topological polar surface area (TPSA) is 38.8 Å². The highest BCUT2D eigenvalue weighted by Crippen LogP contribution is 2.35. The van der Waals surface area contributed by atoms with E-state index in [1.807, 2.05) is 18.2 Å². The predicted octanol–water partition coefficient (Wildman–Crippen LogP) is 3.53. The van der Waals surface area contributed by atoms with Gasteiger partial charge in [0, 0.05) is 0 Å². The summed E-state index contributed by atoms with van der Waals surface area (Å²) in [6.07, 6.45) is 0.570. The Labute approximate surface area is 153 Å². The Morgan fingerprint density at radius 2 is 1.84 bits per heavy atom. The Kier molecular flexibility index (Phi) is 4.35. The van der Waals surface area contributed by atoms with Crippen LogP contribution in [0.2, 0.25) is 0 Å². The van der Waals surface area contributed by atoms with Crippen LogP contribution in [0.1, 0.15) is 11.1 Å². The van der Waals surface area contributed by atoms with Crippen molar-refractivity contribution in [2.24, 2.45) is 0 Å². The van der Waals surface area contributed by atoms with Gasteiger partial charge in [-0.3, -0.25) is 9.69 Å². The molecule has 0 aromatic heterocycles. The van der Waals surface area contributed by atoms with Crippen molar-refractivity contribution in [1.29, 1.82) is 0 Å². The highest BCUT2D eigenvalue weighted by Gasteiger charge is 2.37. The van der Waals surface area contributed by atoms with Crippen molar-refractivity contribution in [1.82, 2.24) is 4.90 Å². The van der Waals surface area contributed by atoms with Crippen molar-refractivity contribution in [3.63, 3.8) is 0 Å². The third-order valence-electron chi connectivity index (χ3n) is 4.12. The van der Waals surface area contributed by atoms with Crippen LogP contribution < -0.4 is 9.47 Å². The van der Waals surface area contributed by atoms with Crippen LogP contribution >= 0.6 is 24.0 Å². The van der Waals surface area contributed by atoms with Gasteiger partial charge in [-0.2, -0.15) is 0 Å². The van der Waals surface area contributed by atoms with Gasteiger partial charge in [-0.25, -0.2) is 4.39 Å². The SMILES string of the molecule is O=C1[C@H](Cc2ccc3c(c2)OCO3)SC(=S)N1Cc1ccc(F)cc1. The van der Waals surface area contributed by atoms with Crippen molar-refractivity contribution in [3.05, 3.63) is 59.4 Å². The van der Waals surface area contributed by atoms with Gasteiger partial charge in [0.25, 0.3) is 0 Å². The molecule has 4 rings (SSSR count). The maximum Gasteiger partial charge on any atom is 0.242 e. The number of hydrogen-bond donors (Lipinski definition) is 0. The molecule has 7 heteroatoms. The molecule has 0 N–H and O–H groups in total. The van der Waals surface area contributed by atoms with E-state index < -0.39 is 0 Å². The number of carbonyl (C=O) groups is 1. The summed E-state index contributed by atoms with van der Waals surface area (Å²) in [6, 6.07) is 11.8. The van der Waals surface area contributed by atoms with E-state index in [2.05, 4.69) is 0 Å². The van der Waals surface area contributed by atoms with E-state index in [0.717, 1.165) is 16.9 Å². The molecule has 2 aliphatic rings. The van der Waals surface area contributed by atoms with Crippen LogP contribution in [0.4, 0.5) is 4.39 Å². The number of thiocarbonyl (C=S) groups is 1. The standard InChI is InChI=1S/C18H14FNO3S2/c19-13-4-1-11(2-5-13)9-20-17(21)16(25-18(20)24)8-12-3-6-14-15(7-12)23-10-22-14/h1-7,16H,8-10H2/t16-/m0/s1. The maximum absolute atomic E-state index is 13.0. The number of rotatable bonds is 4. The average Bonchev–Trinajstić information content (AvgIpc) is 3.16. The average molecular weight is 375 g/mol. The van der Waals surface area contributed by atoms with Gasteiger partial charge in [0.05, 0.1) is 11.8 Å². The number of thioether (sulfide) groups is 1. The molecule has 1 fully saturated rings. The third-order valence-corrected chi connectivity index (χ3v) is 5.70. The summed E-state index contributed by atoms with van der Waals surface area (Å²) < 4.78 is 24.3. The van der Waals surface area contributed by atoms with Gasteiger partial charge in [0.15, 0.2) is 11.5 Å². The van der Waals surface area contributed by atoms with E-state index in [-0.39, 0.29) is 23.8 Å². The first-order valence-corrected chi connectivity index (χ1v) is 9.04. The van der Waals surface area contributed by atoms with Crippen molar-refractivity contribution >= 4 is 34.2 Å². The summed E-state index contributed by atoms with van der Waals surface area (Å²) in [4.78, 5) is 14.3.